The van der Waals surface area contributed by atoms with E-state index in [0.29, 0.717) is 17.1 Å². The number of fused-ring (bicyclic) bond motifs is 1. The molecule has 4 rings (SSSR count). The average molecular weight is 301 g/mol. The lowest BCUT2D eigenvalue weighted by Crippen LogP contribution is -2.30. The average Bonchev–Trinajstić information content (AvgIpc) is 3.33. The van der Waals surface area contributed by atoms with E-state index in [1.165, 1.54) is 18.4 Å². The van der Waals surface area contributed by atoms with Crippen molar-refractivity contribution >= 4 is 11.6 Å². The molecule has 1 aliphatic carbocycles. The molecule has 3 nitrogen and oxygen atoms in total. The molecule has 0 spiro atoms. The predicted octanol–water partition coefficient (Wildman–Crippen LogP) is 3.83. The normalized spacial score (nSPS) is 22.2. The van der Waals surface area contributed by atoms with Crippen LogP contribution in [-0.4, -0.2) is 22.5 Å². The van der Waals surface area contributed by atoms with Crippen molar-refractivity contribution in [3.8, 4) is 5.88 Å². The Morgan fingerprint density at radius 2 is 1.90 bits per heavy atom. The highest BCUT2D eigenvalue weighted by molar-refractivity contribution is 6.29. The third kappa shape index (κ3) is 2.76. The second-order valence-corrected chi connectivity index (χ2v) is 6.16. The summed E-state index contributed by atoms with van der Waals surface area (Å²) in [6.07, 6.45) is 2.59. The molecule has 2 aliphatic rings. The highest BCUT2D eigenvalue weighted by Crippen LogP contribution is 2.36. The van der Waals surface area contributed by atoms with E-state index in [2.05, 4.69) is 34.1 Å². The van der Waals surface area contributed by atoms with Crippen LogP contribution in [0.15, 0.2) is 42.5 Å². The summed E-state index contributed by atoms with van der Waals surface area (Å²) in [7, 11) is 0. The lowest BCUT2D eigenvalue weighted by molar-refractivity contribution is 0.139. The summed E-state index contributed by atoms with van der Waals surface area (Å²) in [6, 6.07) is 14.9. The summed E-state index contributed by atoms with van der Waals surface area (Å²) < 4.78 is 6.19. The van der Waals surface area contributed by atoms with Crippen LogP contribution in [0.3, 0.4) is 0 Å². The van der Waals surface area contributed by atoms with Gasteiger partial charge in [0.1, 0.15) is 11.3 Å². The highest BCUT2D eigenvalue weighted by atomic mass is 35.5. The monoisotopic (exact) mass is 300 g/mol. The van der Waals surface area contributed by atoms with Crippen molar-refractivity contribution in [3.05, 3.63) is 58.7 Å². The van der Waals surface area contributed by atoms with E-state index in [0.717, 1.165) is 18.7 Å². The Bertz CT molecular complexity index is 642. The second-order valence-electron chi connectivity index (χ2n) is 5.78. The lowest BCUT2D eigenvalue weighted by atomic mass is 10.1. The maximum Gasteiger partial charge on any atom is 0.219 e. The van der Waals surface area contributed by atoms with Crippen molar-refractivity contribution < 1.29 is 4.74 Å². The molecular formula is C17H17ClN2O. The van der Waals surface area contributed by atoms with Crippen LogP contribution in [0.1, 0.15) is 30.1 Å². The van der Waals surface area contributed by atoms with Gasteiger partial charge in [0, 0.05) is 24.7 Å². The molecule has 0 radical (unpaired) electrons. The van der Waals surface area contributed by atoms with Gasteiger partial charge >= 0.3 is 0 Å². The largest absolute Gasteiger partial charge is 0.468 e. The molecule has 1 aromatic carbocycles. The van der Waals surface area contributed by atoms with Crippen molar-refractivity contribution in [1.29, 1.82) is 0 Å². The Morgan fingerprint density at radius 3 is 2.67 bits per heavy atom. The maximum absolute atomic E-state index is 6.19. The lowest BCUT2D eigenvalue weighted by Gasteiger charge is -2.23. The molecule has 2 heterocycles. The van der Waals surface area contributed by atoms with Gasteiger partial charge in [-0.2, -0.15) is 0 Å². The van der Waals surface area contributed by atoms with Gasteiger partial charge in [-0.15, -0.1) is 0 Å². The van der Waals surface area contributed by atoms with Crippen molar-refractivity contribution in [2.24, 2.45) is 0 Å². The fraction of sp³-hybridized carbons (Fsp3) is 0.353. The third-order valence-electron chi connectivity index (χ3n) is 4.17. The Hall–Kier alpha value is -1.58. The molecule has 108 valence electrons. The minimum Gasteiger partial charge on any atom is -0.468 e. The molecule has 0 amide bonds. The molecule has 21 heavy (non-hydrogen) atoms. The van der Waals surface area contributed by atoms with Crippen LogP contribution >= 0.6 is 11.6 Å². The van der Waals surface area contributed by atoms with Gasteiger partial charge in [-0.25, -0.2) is 4.98 Å². The quantitative estimate of drug-likeness (QED) is 0.788. The molecule has 1 saturated carbocycles. The molecule has 1 fully saturated rings. The van der Waals surface area contributed by atoms with Gasteiger partial charge in [-0.05, 0) is 30.5 Å². The molecule has 2 aromatic rings. The van der Waals surface area contributed by atoms with Gasteiger partial charge in [-0.1, -0.05) is 41.9 Å². The molecule has 4 heteroatoms. The number of hydrogen-bond donors (Lipinski definition) is 0. The molecule has 1 aliphatic heterocycles. The van der Waals surface area contributed by atoms with Crippen molar-refractivity contribution in [2.75, 3.05) is 6.54 Å². The summed E-state index contributed by atoms with van der Waals surface area (Å²) >= 11 is 6.03. The Morgan fingerprint density at radius 1 is 1.10 bits per heavy atom. The van der Waals surface area contributed by atoms with E-state index in [9.17, 15) is 0 Å². The summed E-state index contributed by atoms with van der Waals surface area (Å²) in [5.74, 6) is 0.680. The van der Waals surface area contributed by atoms with Crippen LogP contribution in [0, 0.1) is 0 Å². The van der Waals surface area contributed by atoms with Crippen LogP contribution < -0.4 is 4.74 Å². The van der Waals surface area contributed by atoms with Crippen LogP contribution in [0.5, 0.6) is 5.88 Å². The van der Waals surface area contributed by atoms with E-state index in [-0.39, 0.29) is 6.10 Å². The van der Waals surface area contributed by atoms with Crippen LogP contribution in [-0.2, 0) is 6.54 Å². The summed E-state index contributed by atoms with van der Waals surface area (Å²) in [5, 5.41) is 0.487. The first-order chi connectivity index (χ1) is 10.3. The van der Waals surface area contributed by atoms with Crippen molar-refractivity contribution in [3.63, 3.8) is 0 Å². The van der Waals surface area contributed by atoms with Crippen LogP contribution in [0.25, 0.3) is 0 Å². The zero-order chi connectivity index (χ0) is 14.2. The second kappa shape index (κ2) is 5.32. The number of pyridine rings is 1. The molecule has 0 unspecified atom stereocenters. The molecule has 0 N–H and O–H groups in total. The minimum absolute atomic E-state index is 0.0130. The van der Waals surface area contributed by atoms with Crippen LogP contribution in [0.2, 0.25) is 5.15 Å². The summed E-state index contributed by atoms with van der Waals surface area (Å²) in [4.78, 5) is 6.89. The highest BCUT2D eigenvalue weighted by Gasteiger charge is 2.34. The van der Waals surface area contributed by atoms with Gasteiger partial charge < -0.3 is 4.74 Å². The van der Waals surface area contributed by atoms with E-state index < -0.39 is 0 Å². The molecule has 0 bridgehead atoms. The minimum atomic E-state index is 0.0130. The fourth-order valence-electron chi connectivity index (χ4n) is 2.90. The number of nitrogens with zero attached hydrogens (tertiary/aromatic N) is 2. The number of halogens is 1. The summed E-state index contributed by atoms with van der Waals surface area (Å²) in [5.41, 5.74) is 2.32. The Kier molecular flexibility index (Phi) is 3.32. The number of hydrogen-bond acceptors (Lipinski definition) is 3. The van der Waals surface area contributed by atoms with Crippen LogP contribution in [0.4, 0.5) is 0 Å². The summed E-state index contributed by atoms with van der Waals surface area (Å²) in [6.45, 7) is 1.80. The van der Waals surface area contributed by atoms with E-state index in [4.69, 9.17) is 16.3 Å². The molecule has 0 saturated heterocycles. The van der Waals surface area contributed by atoms with E-state index >= 15 is 0 Å². The Balaban J connectivity index is 1.71. The van der Waals surface area contributed by atoms with Crippen molar-refractivity contribution in [1.82, 2.24) is 9.88 Å². The number of ether oxygens (including phenoxy) is 1. The van der Waals surface area contributed by atoms with Gasteiger partial charge in [-0.3, -0.25) is 4.90 Å². The zero-order valence-electron chi connectivity index (χ0n) is 11.7. The van der Waals surface area contributed by atoms with E-state index in [1.807, 2.05) is 18.2 Å². The van der Waals surface area contributed by atoms with Gasteiger partial charge in [0.05, 0.1) is 0 Å². The Labute approximate surface area is 129 Å². The van der Waals surface area contributed by atoms with E-state index in [1.54, 1.807) is 0 Å². The first kappa shape index (κ1) is 13.1. The molecular weight excluding hydrogens is 284 g/mol. The van der Waals surface area contributed by atoms with Crippen molar-refractivity contribution in [2.45, 2.75) is 31.5 Å². The molecule has 1 atom stereocenters. The van der Waals surface area contributed by atoms with Gasteiger partial charge in [0.2, 0.25) is 5.88 Å². The maximum atomic E-state index is 6.19. The SMILES string of the molecule is Clc1ccc2c(n1)O[C@H](c1ccccc1)CN(C1CC1)C2. The number of aromatic nitrogens is 1. The predicted molar refractivity (Wildman–Crippen MR) is 82.5 cm³/mol. The number of benzene rings is 1. The van der Waals surface area contributed by atoms with Gasteiger partial charge in [0.25, 0.3) is 0 Å². The zero-order valence-corrected chi connectivity index (χ0v) is 12.5. The smallest absolute Gasteiger partial charge is 0.219 e. The third-order valence-corrected chi connectivity index (χ3v) is 4.38. The number of rotatable bonds is 2. The standard InChI is InChI=1S/C17H17ClN2O/c18-16-9-6-13-10-20(14-7-8-14)11-15(21-17(13)19-16)12-4-2-1-3-5-12/h1-6,9,14-15H,7-8,10-11H2/t15-/m0/s1. The topological polar surface area (TPSA) is 25.4 Å². The van der Waals surface area contributed by atoms with Gasteiger partial charge in [0.15, 0.2) is 0 Å². The first-order valence-corrected chi connectivity index (χ1v) is 7.78. The first-order valence-electron chi connectivity index (χ1n) is 7.41. The fourth-order valence-corrected chi connectivity index (χ4v) is 3.04. The molecule has 1 aromatic heterocycles.